The molecule has 10 heteroatoms. The summed E-state index contributed by atoms with van der Waals surface area (Å²) in [5.41, 5.74) is -2.59. The van der Waals surface area contributed by atoms with Gasteiger partial charge >= 0.3 is 19.5 Å². The summed E-state index contributed by atoms with van der Waals surface area (Å²) in [7, 11) is -3.66. The van der Waals surface area contributed by atoms with Gasteiger partial charge in [0.05, 0.1) is 32.5 Å². The van der Waals surface area contributed by atoms with Gasteiger partial charge in [-0.25, -0.2) is 0 Å². The van der Waals surface area contributed by atoms with Gasteiger partial charge in [-0.1, -0.05) is 41.5 Å². The lowest BCUT2D eigenvalue weighted by Crippen LogP contribution is -2.55. The average molecular weight is 606 g/mol. The molecular formula is C31H60NO8P. The molecule has 0 heterocycles. The first-order valence-electron chi connectivity index (χ1n) is 15.3. The van der Waals surface area contributed by atoms with Gasteiger partial charge in [0.2, 0.25) is 0 Å². The lowest BCUT2D eigenvalue weighted by atomic mass is 9.78. The van der Waals surface area contributed by atoms with E-state index in [1.165, 1.54) is 0 Å². The van der Waals surface area contributed by atoms with Crippen LogP contribution in [-0.2, 0) is 37.5 Å². The van der Waals surface area contributed by atoms with E-state index in [0.29, 0.717) is 6.42 Å². The highest BCUT2D eigenvalue weighted by Gasteiger charge is 2.60. The minimum absolute atomic E-state index is 0.0145. The van der Waals surface area contributed by atoms with Gasteiger partial charge in [0, 0.05) is 5.54 Å². The lowest BCUT2D eigenvalue weighted by Gasteiger charge is -2.49. The van der Waals surface area contributed by atoms with Crippen molar-refractivity contribution < 1.29 is 37.5 Å². The Morgan fingerprint density at radius 3 is 1.63 bits per heavy atom. The second-order valence-corrected chi connectivity index (χ2v) is 16.6. The molecule has 1 aliphatic rings. The van der Waals surface area contributed by atoms with Crippen LogP contribution in [0.25, 0.3) is 0 Å². The fraction of sp³-hybridized carbons (Fsp3) is 0.935. The fourth-order valence-electron chi connectivity index (χ4n) is 6.10. The summed E-state index contributed by atoms with van der Waals surface area (Å²) in [6.07, 6.45) is 0.920. The number of hydrogen-bond donors (Lipinski definition) is 0. The monoisotopic (exact) mass is 605 g/mol. The van der Waals surface area contributed by atoms with Gasteiger partial charge in [-0.3, -0.25) is 19.0 Å². The Hall–Kier alpha value is -0.990. The van der Waals surface area contributed by atoms with Gasteiger partial charge in [-0.2, -0.15) is 5.06 Å². The van der Waals surface area contributed by atoms with Gasteiger partial charge in [0.25, 0.3) is 0 Å². The molecule has 41 heavy (non-hydrogen) atoms. The summed E-state index contributed by atoms with van der Waals surface area (Å²) in [4.78, 5) is 33.7. The third-order valence-electron chi connectivity index (χ3n) is 7.47. The summed E-state index contributed by atoms with van der Waals surface area (Å²) in [6.45, 7) is 28.3. The van der Waals surface area contributed by atoms with Crippen molar-refractivity contribution in [1.82, 2.24) is 5.06 Å². The van der Waals surface area contributed by atoms with Crippen molar-refractivity contribution in [2.45, 2.75) is 134 Å². The predicted octanol–water partition coefficient (Wildman–Crippen LogP) is 7.62. The van der Waals surface area contributed by atoms with E-state index < -0.39 is 47.8 Å². The molecule has 0 amide bonds. The Bertz CT molecular complexity index is 873. The Labute approximate surface area is 250 Å². The van der Waals surface area contributed by atoms with E-state index in [-0.39, 0.29) is 50.1 Å². The summed E-state index contributed by atoms with van der Waals surface area (Å²) in [5, 5.41) is 1.78. The molecule has 0 N–H and O–H groups in total. The fourth-order valence-corrected chi connectivity index (χ4v) is 8.78. The topological polar surface area (TPSA) is 101 Å². The molecule has 242 valence electrons. The standard InChI is InChI=1S/C31H60NO8P/c1-15-36-26(33)31(27(34)37-16-2)20-23(19-28(6,7)8)24(21-31)22(5)40-32(30(12,13)14)25(29(9,10)11)41(35,38-17-3)39-18-4/h22-25H,15-21H2,1-14H3/t22?,23-,24-,25?/m1/s1. The number of esters is 2. The maximum atomic E-state index is 14.3. The van der Waals surface area contributed by atoms with Crippen LogP contribution >= 0.6 is 7.60 Å². The molecule has 1 fully saturated rings. The van der Waals surface area contributed by atoms with E-state index >= 15 is 0 Å². The molecule has 9 nitrogen and oxygen atoms in total. The molecule has 1 saturated carbocycles. The quantitative estimate of drug-likeness (QED) is 0.0856. The molecule has 0 saturated heterocycles. The number of carbonyl (C=O) groups is 2. The van der Waals surface area contributed by atoms with E-state index in [1.54, 1.807) is 32.8 Å². The zero-order chi connectivity index (χ0) is 32.0. The number of rotatable bonds is 14. The van der Waals surface area contributed by atoms with Crippen molar-refractivity contribution in [2.24, 2.45) is 28.1 Å². The Morgan fingerprint density at radius 1 is 0.829 bits per heavy atom. The van der Waals surface area contributed by atoms with Crippen LogP contribution in [0.5, 0.6) is 0 Å². The van der Waals surface area contributed by atoms with Crippen molar-refractivity contribution in [3.05, 3.63) is 0 Å². The van der Waals surface area contributed by atoms with Gasteiger partial charge in [0.15, 0.2) is 5.41 Å². The predicted molar refractivity (Wildman–Crippen MR) is 162 cm³/mol. The lowest BCUT2D eigenvalue weighted by molar-refractivity contribution is -0.274. The first kappa shape index (κ1) is 38.0. The minimum atomic E-state index is -3.66. The minimum Gasteiger partial charge on any atom is -0.465 e. The molecule has 0 bridgehead atoms. The van der Waals surface area contributed by atoms with E-state index in [0.717, 1.165) is 6.42 Å². The van der Waals surface area contributed by atoms with Crippen LogP contribution in [0.15, 0.2) is 0 Å². The van der Waals surface area contributed by atoms with E-state index in [1.807, 2.05) is 48.5 Å². The first-order valence-corrected chi connectivity index (χ1v) is 16.9. The highest BCUT2D eigenvalue weighted by atomic mass is 31.2. The van der Waals surface area contributed by atoms with Crippen molar-refractivity contribution in [2.75, 3.05) is 26.4 Å². The average Bonchev–Trinajstić information content (AvgIpc) is 3.16. The molecule has 0 radical (unpaired) electrons. The van der Waals surface area contributed by atoms with Crippen molar-refractivity contribution >= 4 is 19.5 Å². The molecule has 0 aromatic carbocycles. The molecular weight excluding hydrogens is 545 g/mol. The van der Waals surface area contributed by atoms with Gasteiger partial charge in [-0.05, 0) is 97.3 Å². The molecule has 0 aromatic rings. The number of carbonyl (C=O) groups excluding carboxylic acids is 2. The van der Waals surface area contributed by atoms with Crippen LogP contribution in [0, 0.1) is 28.1 Å². The van der Waals surface area contributed by atoms with Gasteiger partial charge in [0.1, 0.15) is 5.78 Å². The van der Waals surface area contributed by atoms with Crippen LogP contribution in [0.2, 0.25) is 0 Å². The van der Waals surface area contributed by atoms with Crippen molar-refractivity contribution in [3.8, 4) is 0 Å². The first-order chi connectivity index (χ1) is 18.6. The van der Waals surface area contributed by atoms with Gasteiger partial charge < -0.3 is 18.5 Å². The molecule has 0 aliphatic heterocycles. The largest absolute Gasteiger partial charge is 0.465 e. The maximum Gasteiger partial charge on any atom is 0.350 e. The molecule has 0 spiro atoms. The Balaban J connectivity index is 3.69. The van der Waals surface area contributed by atoms with Crippen LogP contribution < -0.4 is 0 Å². The number of ether oxygens (including phenoxy) is 2. The number of nitrogens with zero attached hydrogens (tertiary/aromatic N) is 1. The zero-order valence-electron chi connectivity index (χ0n) is 28.4. The highest BCUT2D eigenvalue weighted by Crippen LogP contribution is 2.61. The summed E-state index contributed by atoms with van der Waals surface area (Å²) in [6, 6.07) is 0. The third kappa shape index (κ3) is 9.76. The zero-order valence-corrected chi connectivity index (χ0v) is 29.3. The molecule has 1 rings (SSSR count). The smallest absolute Gasteiger partial charge is 0.350 e. The van der Waals surface area contributed by atoms with Crippen LogP contribution in [-0.4, -0.2) is 60.9 Å². The summed E-state index contributed by atoms with van der Waals surface area (Å²) >= 11 is 0. The normalized spacial score (nSPS) is 21.5. The van der Waals surface area contributed by atoms with E-state index in [4.69, 9.17) is 23.4 Å². The van der Waals surface area contributed by atoms with E-state index in [2.05, 4.69) is 20.8 Å². The maximum absolute atomic E-state index is 14.3. The summed E-state index contributed by atoms with van der Waals surface area (Å²) < 4.78 is 37.0. The van der Waals surface area contributed by atoms with Crippen LogP contribution in [0.4, 0.5) is 0 Å². The second-order valence-electron chi connectivity index (χ2n) is 14.5. The Kier molecular flexibility index (Phi) is 13.6. The van der Waals surface area contributed by atoms with Crippen LogP contribution in [0.1, 0.15) is 116 Å². The highest BCUT2D eigenvalue weighted by molar-refractivity contribution is 7.54. The summed E-state index contributed by atoms with van der Waals surface area (Å²) in [5.74, 6) is -1.99. The van der Waals surface area contributed by atoms with E-state index in [9.17, 15) is 14.2 Å². The second kappa shape index (κ2) is 14.7. The third-order valence-corrected chi connectivity index (χ3v) is 10.3. The van der Waals surface area contributed by atoms with Gasteiger partial charge in [-0.15, -0.1) is 0 Å². The molecule has 4 atom stereocenters. The van der Waals surface area contributed by atoms with Crippen molar-refractivity contribution in [3.63, 3.8) is 0 Å². The number of hydroxylamine groups is 2. The van der Waals surface area contributed by atoms with Crippen molar-refractivity contribution in [1.29, 1.82) is 0 Å². The molecule has 2 unspecified atom stereocenters. The molecule has 1 aliphatic carbocycles. The SMILES string of the molecule is CCOC(=O)C1(C(=O)OCC)C[C@@H](CC(C)(C)C)[C@@H](C(C)ON(C(C(C)(C)C)P(=O)(OCC)OCC)C(C)(C)C)C1. The van der Waals surface area contributed by atoms with Crippen LogP contribution in [0.3, 0.4) is 0 Å². The Morgan fingerprint density at radius 2 is 1.29 bits per heavy atom. The number of hydrogen-bond acceptors (Lipinski definition) is 9. The molecule has 0 aromatic heterocycles.